The maximum atomic E-state index is 10.4. The summed E-state index contributed by atoms with van der Waals surface area (Å²) >= 11 is 0. The van der Waals surface area contributed by atoms with Gasteiger partial charge in [-0.1, -0.05) is 0 Å². The van der Waals surface area contributed by atoms with Gasteiger partial charge >= 0.3 is 0 Å². The maximum absolute atomic E-state index is 10.4. The number of nitrogens with two attached hydrogens (primary N) is 1. The van der Waals surface area contributed by atoms with E-state index in [0.29, 0.717) is 13.0 Å². The molecule has 72 valence electrons. The van der Waals surface area contributed by atoms with Gasteiger partial charge in [-0.25, -0.2) is 0 Å². The summed E-state index contributed by atoms with van der Waals surface area (Å²) in [5, 5.41) is 9.81. The molecule has 0 radical (unpaired) electrons. The smallest absolute Gasteiger partial charge is 0.218 e. The minimum absolute atomic E-state index is 0.281. The van der Waals surface area contributed by atoms with Crippen molar-refractivity contribution in [3.05, 3.63) is 17.5 Å². The molecule has 0 atom stereocenters. The lowest BCUT2D eigenvalue weighted by molar-refractivity contribution is -0.117. The molecule has 0 aliphatic heterocycles. The van der Waals surface area contributed by atoms with Crippen molar-refractivity contribution in [2.75, 3.05) is 6.54 Å². The molecule has 4 N–H and O–H groups in total. The molecule has 0 aliphatic rings. The highest BCUT2D eigenvalue weighted by Gasteiger charge is 1.99. The predicted octanol–water partition coefficient (Wildman–Crippen LogP) is -0.317. The summed E-state index contributed by atoms with van der Waals surface area (Å²) in [7, 11) is 0. The van der Waals surface area contributed by atoms with Crippen molar-refractivity contribution in [1.82, 2.24) is 15.5 Å². The molecule has 13 heavy (non-hydrogen) atoms. The van der Waals surface area contributed by atoms with Crippen molar-refractivity contribution in [3.8, 4) is 0 Å². The number of amides is 1. The molecule has 0 aromatic carbocycles. The molecule has 0 saturated carbocycles. The molecule has 1 aromatic rings. The lowest BCUT2D eigenvalue weighted by Gasteiger charge is -2.01. The molecule has 0 saturated heterocycles. The first kappa shape index (κ1) is 9.73. The number of aromatic nitrogens is 2. The number of carbonyl (C=O) groups excluding carboxylic acids is 1. The lowest BCUT2D eigenvalue weighted by Crippen LogP contribution is -2.21. The van der Waals surface area contributed by atoms with E-state index in [2.05, 4.69) is 15.5 Å². The van der Waals surface area contributed by atoms with Crippen molar-refractivity contribution in [2.45, 2.75) is 19.9 Å². The van der Waals surface area contributed by atoms with Gasteiger partial charge in [-0.15, -0.1) is 0 Å². The number of hydrogen-bond acceptors (Lipinski definition) is 3. The number of aryl methyl sites for hydroxylation is 1. The number of nitrogens with one attached hydrogen (secondary N) is 2. The van der Waals surface area contributed by atoms with Crippen molar-refractivity contribution in [3.63, 3.8) is 0 Å². The van der Waals surface area contributed by atoms with Crippen LogP contribution in [0.3, 0.4) is 0 Å². The molecule has 1 heterocycles. The van der Waals surface area contributed by atoms with Crippen LogP contribution in [-0.4, -0.2) is 22.6 Å². The zero-order chi connectivity index (χ0) is 9.68. The van der Waals surface area contributed by atoms with Crippen LogP contribution in [0.5, 0.6) is 0 Å². The third kappa shape index (κ3) is 3.25. The van der Waals surface area contributed by atoms with Crippen molar-refractivity contribution >= 4 is 5.91 Å². The van der Waals surface area contributed by atoms with Gasteiger partial charge in [0.2, 0.25) is 5.91 Å². The molecule has 5 nitrogen and oxygen atoms in total. The number of nitrogens with zero attached hydrogens (tertiary/aromatic N) is 1. The standard InChI is InChI=1S/C8H14N4O/c1-6-7(5-11-12-6)4-10-3-2-8(9)13/h5,10H,2-4H2,1H3,(H2,9,13)(H,11,12). The fraction of sp³-hybridized carbons (Fsp3) is 0.500. The summed E-state index contributed by atoms with van der Waals surface area (Å²) < 4.78 is 0. The Bertz CT molecular complexity index is 281. The minimum Gasteiger partial charge on any atom is -0.370 e. The van der Waals surface area contributed by atoms with E-state index in [1.165, 1.54) is 0 Å². The molecule has 0 bridgehead atoms. The van der Waals surface area contributed by atoms with Crippen molar-refractivity contribution in [2.24, 2.45) is 5.73 Å². The van der Waals surface area contributed by atoms with Crippen LogP contribution in [0, 0.1) is 6.92 Å². The number of hydrogen-bond donors (Lipinski definition) is 3. The van der Waals surface area contributed by atoms with Crippen LogP contribution in [0.25, 0.3) is 0 Å². The van der Waals surface area contributed by atoms with Crippen molar-refractivity contribution in [1.29, 1.82) is 0 Å². The average Bonchev–Trinajstić information content (AvgIpc) is 2.45. The Labute approximate surface area is 76.7 Å². The lowest BCUT2D eigenvalue weighted by atomic mass is 10.2. The van der Waals surface area contributed by atoms with Crippen LogP contribution in [0.4, 0.5) is 0 Å². The molecule has 1 aromatic heterocycles. The first-order valence-electron chi connectivity index (χ1n) is 4.18. The number of aromatic amines is 1. The highest BCUT2D eigenvalue weighted by Crippen LogP contribution is 2.00. The number of H-pyrrole nitrogens is 1. The van der Waals surface area contributed by atoms with E-state index >= 15 is 0 Å². The minimum atomic E-state index is -0.281. The van der Waals surface area contributed by atoms with Crippen LogP contribution in [0.1, 0.15) is 17.7 Å². The van der Waals surface area contributed by atoms with E-state index in [1.54, 1.807) is 6.20 Å². The van der Waals surface area contributed by atoms with Crippen LogP contribution >= 0.6 is 0 Å². The molecular weight excluding hydrogens is 168 g/mol. The van der Waals surface area contributed by atoms with Crippen LogP contribution in [0.15, 0.2) is 6.20 Å². The Kier molecular flexibility index (Phi) is 3.45. The fourth-order valence-electron chi connectivity index (χ4n) is 0.989. The second-order valence-electron chi connectivity index (χ2n) is 2.91. The van der Waals surface area contributed by atoms with Gasteiger partial charge in [-0.05, 0) is 6.92 Å². The SMILES string of the molecule is Cc1[nH]ncc1CNCCC(N)=O. The summed E-state index contributed by atoms with van der Waals surface area (Å²) in [5.41, 5.74) is 7.15. The highest BCUT2D eigenvalue weighted by atomic mass is 16.1. The first-order valence-corrected chi connectivity index (χ1v) is 4.18. The average molecular weight is 182 g/mol. The van der Waals surface area contributed by atoms with Gasteiger partial charge in [-0.2, -0.15) is 5.10 Å². The van der Waals surface area contributed by atoms with E-state index < -0.39 is 0 Å². The Morgan fingerprint density at radius 1 is 1.77 bits per heavy atom. The normalized spacial score (nSPS) is 10.2. The summed E-state index contributed by atoms with van der Waals surface area (Å²) in [4.78, 5) is 10.4. The summed E-state index contributed by atoms with van der Waals surface area (Å²) in [5.74, 6) is -0.281. The monoisotopic (exact) mass is 182 g/mol. The van der Waals surface area contributed by atoms with Crippen LogP contribution in [0.2, 0.25) is 0 Å². The van der Waals surface area contributed by atoms with Gasteiger partial charge in [0.05, 0.1) is 6.20 Å². The summed E-state index contributed by atoms with van der Waals surface area (Å²) in [6.45, 7) is 3.29. The molecule has 1 amide bonds. The van der Waals surface area contributed by atoms with Gasteiger partial charge in [-0.3, -0.25) is 9.89 Å². The van der Waals surface area contributed by atoms with E-state index in [4.69, 9.17) is 5.73 Å². The maximum Gasteiger partial charge on any atom is 0.218 e. The van der Waals surface area contributed by atoms with E-state index in [9.17, 15) is 4.79 Å². The molecule has 0 spiro atoms. The van der Waals surface area contributed by atoms with Crippen LogP contribution in [-0.2, 0) is 11.3 Å². The topological polar surface area (TPSA) is 83.8 Å². The first-order chi connectivity index (χ1) is 6.20. The molecule has 0 unspecified atom stereocenters. The largest absolute Gasteiger partial charge is 0.370 e. The Balaban J connectivity index is 2.20. The van der Waals surface area contributed by atoms with Gasteiger partial charge in [0.15, 0.2) is 0 Å². The van der Waals surface area contributed by atoms with E-state index in [1.807, 2.05) is 6.92 Å². The van der Waals surface area contributed by atoms with Crippen molar-refractivity contribution < 1.29 is 4.79 Å². The third-order valence-electron chi connectivity index (χ3n) is 1.80. The number of carbonyl (C=O) groups is 1. The van der Waals surface area contributed by atoms with Crippen LogP contribution < -0.4 is 11.1 Å². The second kappa shape index (κ2) is 4.61. The van der Waals surface area contributed by atoms with E-state index in [0.717, 1.165) is 17.8 Å². The molecule has 0 aliphatic carbocycles. The van der Waals surface area contributed by atoms with Gasteiger partial charge in [0.25, 0.3) is 0 Å². The van der Waals surface area contributed by atoms with E-state index in [-0.39, 0.29) is 5.91 Å². The fourth-order valence-corrected chi connectivity index (χ4v) is 0.989. The zero-order valence-corrected chi connectivity index (χ0v) is 7.63. The Hall–Kier alpha value is -1.36. The summed E-state index contributed by atoms with van der Waals surface area (Å²) in [6.07, 6.45) is 2.14. The van der Waals surface area contributed by atoms with Gasteiger partial charge in [0, 0.05) is 30.8 Å². The number of primary amides is 1. The van der Waals surface area contributed by atoms with Gasteiger partial charge in [0.1, 0.15) is 0 Å². The predicted molar refractivity (Wildman–Crippen MR) is 48.8 cm³/mol. The highest BCUT2D eigenvalue weighted by molar-refractivity contribution is 5.73. The molecule has 1 rings (SSSR count). The molecular formula is C8H14N4O. The zero-order valence-electron chi connectivity index (χ0n) is 7.63. The van der Waals surface area contributed by atoms with Gasteiger partial charge < -0.3 is 11.1 Å². The second-order valence-corrected chi connectivity index (χ2v) is 2.91. The Morgan fingerprint density at radius 2 is 2.54 bits per heavy atom. The molecule has 0 fully saturated rings. The molecule has 5 heteroatoms. The third-order valence-corrected chi connectivity index (χ3v) is 1.80. The quantitative estimate of drug-likeness (QED) is 0.546. The summed E-state index contributed by atoms with van der Waals surface area (Å²) in [6, 6.07) is 0. The Morgan fingerprint density at radius 3 is 3.08 bits per heavy atom. The number of rotatable bonds is 5.